The van der Waals surface area contributed by atoms with E-state index in [2.05, 4.69) is 20.8 Å². The van der Waals surface area contributed by atoms with Gasteiger partial charge in [0.15, 0.2) is 0 Å². The number of carbonyl (C=O) groups excluding carboxylic acids is 1. The van der Waals surface area contributed by atoms with Crippen LogP contribution in [0.1, 0.15) is 10.4 Å². The van der Waals surface area contributed by atoms with E-state index < -0.39 is 11.7 Å². The second-order valence-electron chi connectivity index (χ2n) is 3.64. The highest BCUT2D eigenvalue weighted by molar-refractivity contribution is 7.98. The van der Waals surface area contributed by atoms with Crippen LogP contribution < -0.4 is 5.32 Å². The zero-order valence-corrected chi connectivity index (χ0v) is 12.6. The molecule has 2 aromatic rings. The molecule has 2 rings (SSSR count). The van der Waals surface area contributed by atoms with E-state index in [0.717, 1.165) is 6.07 Å². The summed E-state index contributed by atoms with van der Waals surface area (Å²) in [5.74, 6) is -1.49. The SMILES string of the molecule is CSc1c(Cl)cc(F)c(C(=O)Nc2nnnn2C)c1Cl. The molecule has 106 valence electrons. The minimum Gasteiger partial charge on any atom is -0.289 e. The lowest BCUT2D eigenvalue weighted by molar-refractivity contribution is 0.102. The van der Waals surface area contributed by atoms with Crippen molar-refractivity contribution in [2.24, 2.45) is 7.05 Å². The summed E-state index contributed by atoms with van der Waals surface area (Å²) in [5, 5.41) is 12.9. The molecule has 0 aliphatic carbocycles. The van der Waals surface area contributed by atoms with Crippen molar-refractivity contribution in [3.63, 3.8) is 0 Å². The van der Waals surface area contributed by atoms with Crippen LogP contribution in [0.3, 0.4) is 0 Å². The number of anilines is 1. The highest BCUT2D eigenvalue weighted by Gasteiger charge is 2.22. The van der Waals surface area contributed by atoms with Crippen molar-refractivity contribution in [1.29, 1.82) is 0 Å². The Bertz CT molecular complexity index is 678. The average molecular weight is 336 g/mol. The van der Waals surface area contributed by atoms with E-state index in [1.54, 1.807) is 6.26 Å². The van der Waals surface area contributed by atoms with Gasteiger partial charge in [-0.3, -0.25) is 10.1 Å². The molecule has 0 radical (unpaired) electrons. The fourth-order valence-corrected chi connectivity index (χ4v) is 2.98. The third-order valence-corrected chi connectivity index (χ3v) is 4.14. The molecule has 0 saturated heterocycles. The van der Waals surface area contributed by atoms with Gasteiger partial charge in [-0.25, -0.2) is 9.07 Å². The smallest absolute Gasteiger partial charge is 0.262 e. The number of tetrazole rings is 1. The first kappa shape index (κ1) is 15.0. The van der Waals surface area contributed by atoms with Gasteiger partial charge in [-0.1, -0.05) is 28.3 Å². The summed E-state index contributed by atoms with van der Waals surface area (Å²) in [5.41, 5.74) is -0.302. The van der Waals surface area contributed by atoms with Crippen LogP contribution in [0.4, 0.5) is 10.3 Å². The summed E-state index contributed by atoms with van der Waals surface area (Å²) in [7, 11) is 1.53. The Morgan fingerprint density at radius 1 is 1.50 bits per heavy atom. The molecule has 6 nitrogen and oxygen atoms in total. The number of aromatic nitrogens is 4. The van der Waals surface area contributed by atoms with Crippen LogP contribution in [0.5, 0.6) is 0 Å². The zero-order valence-electron chi connectivity index (χ0n) is 10.3. The monoisotopic (exact) mass is 335 g/mol. The maximum Gasteiger partial charge on any atom is 0.262 e. The van der Waals surface area contributed by atoms with E-state index >= 15 is 0 Å². The van der Waals surface area contributed by atoms with E-state index in [1.807, 2.05) is 0 Å². The van der Waals surface area contributed by atoms with Crippen LogP contribution in [0, 0.1) is 5.82 Å². The predicted octanol–water partition coefficient (Wildman–Crippen LogP) is 2.63. The average Bonchev–Trinajstić information content (AvgIpc) is 2.74. The first-order valence-electron chi connectivity index (χ1n) is 5.21. The molecular weight excluding hydrogens is 328 g/mol. The Hall–Kier alpha value is -1.38. The predicted molar refractivity (Wildman–Crippen MR) is 75.0 cm³/mol. The van der Waals surface area contributed by atoms with Gasteiger partial charge in [0.05, 0.1) is 15.6 Å². The lowest BCUT2D eigenvalue weighted by atomic mass is 10.2. The number of hydrogen-bond acceptors (Lipinski definition) is 5. The third-order valence-electron chi connectivity index (χ3n) is 2.40. The fourth-order valence-electron chi connectivity index (χ4n) is 1.47. The Labute approximate surface area is 127 Å². The summed E-state index contributed by atoms with van der Waals surface area (Å²) < 4.78 is 15.1. The molecule has 1 aromatic carbocycles. The number of halogens is 3. The maximum atomic E-state index is 13.9. The van der Waals surface area contributed by atoms with Crippen molar-refractivity contribution >= 4 is 46.8 Å². The van der Waals surface area contributed by atoms with Crippen LogP contribution in [-0.2, 0) is 7.05 Å². The van der Waals surface area contributed by atoms with Gasteiger partial charge < -0.3 is 0 Å². The molecule has 0 atom stereocenters. The molecule has 10 heteroatoms. The maximum absolute atomic E-state index is 13.9. The number of aryl methyl sites for hydroxylation is 1. The minimum atomic E-state index is -0.814. The Morgan fingerprint density at radius 3 is 2.75 bits per heavy atom. The number of hydrogen-bond donors (Lipinski definition) is 1. The molecule has 0 spiro atoms. The van der Waals surface area contributed by atoms with Gasteiger partial charge in [-0.15, -0.1) is 11.8 Å². The molecule has 0 aliphatic rings. The first-order valence-corrected chi connectivity index (χ1v) is 7.19. The Balaban J connectivity index is 2.42. The van der Waals surface area contributed by atoms with Crippen LogP contribution in [0.2, 0.25) is 10.0 Å². The number of benzene rings is 1. The molecule has 0 aliphatic heterocycles. The van der Waals surface area contributed by atoms with Crippen molar-refractivity contribution in [2.45, 2.75) is 4.90 Å². The van der Waals surface area contributed by atoms with Gasteiger partial charge in [0.25, 0.3) is 5.91 Å². The molecule has 20 heavy (non-hydrogen) atoms. The van der Waals surface area contributed by atoms with Gasteiger partial charge in [-0.05, 0) is 22.7 Å². The van der Waals surface area contributed by atoms with Crippen LogP contribution in [0.25, 0.3) is 0 Å². The minimum absolute atomic E-state index is 0.0462. The fraction of sp³-hybridized carbons (Fsp3) is 0.200. The summed E-state index contributed by atoms with van der Waals surface area (Å²) in [6.45, 7) is 0. The number of nitrogens with zero attached hydrogens (tertiary/aromatic N) is 4. The largest absolute Gasteiger partial charge is 0.289 e. The molecule has 0 unspecified atom stereocenters. The van der Waals surface area contributed by atoms with Crippen molar-refractivity contribution in [3.8, 4) is 0 Å². The van der Waals surface area contributed by atoms with Crippen LogP contribution >= 0.6 is 35.0 Å². The van der Waals surface area contributed by atoms with Crippen molar-refractivity contribution < 1.29 is 9.18 Å². The molecular formula is C10H8Cl2FN5OS. The summed E-state index contributed by atoms with van der Waals surface area (Å²) in [6, 6.07) is 1.04. The Kier molecular flexibility index (Phi) is 4.46. The topological polar surface area (TPSA) is 72.7 Å². The summed E-state index contributed by atoms with van der Waals surface area (Å²) in [4.78, 5) is 12.5. The van der Waals surface area contributed by atoms with Gasteiger partial charge in [0.1, 0.15) is 5.82 Å². The molecule has 1 amide bonds. The van der Waals surface area contributed by atoms with Gasteiger partial charge in [0, 0.05) is 11.9 Å². The zero-order chi connectivity index (χ0) is 14.9. The number of thioether (sulfide) groups is 1. The van der Waals surface area contributed by atoms with Crippen molar-refractivity contribution in [3.05, 3.63) is 27.5 Å². The van der Waals surface area contributed by atoms with E-state index in [4.69, 9.17) is 23.2 Å². The molecule has 1 heterocycles. The Morgan fingerprint density at radius 2 is 2.20 bits per heavy atom. The van der Waals surface area contributed by atoms with Gasteiger partial charge in [0.2, 0.25) is 5.95 Å². The van der Waals surface area contributed by atoms with Crippen LogP contribution in [0.15, 0.2) is 11.0 Å². The van der Waals surface area contributed by atoms with Gasteiger partial charge >= 0.3 is 0 Å². The normalized spacial score (nSPS) is 10.7. The van der Waals surface area contributed by atoms with Crippen molar-refractivity contribution in [1.82, 2.24) is 20.2 Å². The number of rotatable bonds is 3. The van der Waals surface area contributed by atoms with E-state index in [1.165, 1.54) is 23.5 Å². The quantitative estimate of drug-likeness (QED) is 0.873. The van der Waals surface area contributed by atoms with E-state index in [0.29, 0.717) is 4.90 Å². The summed E-state index contributed by atoms with van der Waals surface area (Å²) in [6.07, 6.45) is 1.72. The summed E-state index contributed by atoms with van der Waals surface area (Å²) >= 11 is 13.1. The lowest BCUT2D eigenvalue weighted by Gasteiger charge is -2.10. The highest BCUT2D eigenvalue weighted by Crippen LogP contribution is 2.36. The standard InChI is InChI=1S/C10H8Cl2FN5OS/c1-18-10(15-16-17-18)14-9(19)6-5(13)3-4(11)8(20-2)7(6)12/h3H,1-2H3,(H,14,15,17,19). The lowest BCUT2D eigenvalue weighted by Crippen LogP contribution is -2.17. The van der Waals surface area contributed by atoms with Gasteiger partial charge in [-0.2, -0.15) is 0 Å². The third kappa shape index (κ3) is 2.72. The van der Waals surface area contributed by atoms with E-state index in [-0.39, 0.29) is 21.6 Å². The second kappa shape index (κ2) is 5.94. The first-order chi connectivity index (χ1) is 9.45. The molecule has 1 N–H and O–H groups in total. The van der Waals surface area contributed by atoms with Crippen LogP contribution in [-0.4, -0.2) is 32.4 Å². The van der Waals surface area contributed by atoms with E-state index in [9.17, 15) is 9.18 Å². The molecule has 0 fully saturated rings. The second-order valence-corrected chi connectivity index (χ2v) is 5.24. The number of amides is 1. The van der Waals surface area contributed by atoms with Crippen molar-refractivity contribution in [2.75, 3.05) is 11.6 Å². The highest BCUT2D eigenvalue weighted by atomic mass is 35.5. The molecule has 1 aromatic heterocycles. The molecule has 0 bridgehead atoms. The molecule has 0 saturated carbocycles. The number of carbonyl (C=O) groups is 1. The number of nitrogens with one attached hydrogen (secondary N) is 1.